The van der Waals surface area contributed by atoms with Crippen molar-refractivity contribution in [2.45, 2.75) is 56.1 Å². The second-order valence-corrected chi connectivity index (χ2v) is 14.0. The molecule has 0 aliphatic carbocycles. The zero-order chi connectivity index (χ0) is 23.3. The van der Waals surface area contributed by atoms with Gasteiger partial charge in [0.1, 0.15) is 5.75 Å². The van der Waals surface area contributed by atoms with Crippen molar-refractivity contribution < 1.29 is 13.9 Å². The van der Waals surface area contributed by atoms with E-state index >= 15 is 0 Å². The van der Waals surface area contributed by atoms with Crippen LogP contribution in [0.15, 0.2) is 72.1 Å². The highest BCUT2D eigenvalue weighted by atomic mass is 32.3. The SMILES string of the molecule is C=CC(C)(C)c1cc(S(C)(=O)(O)Cc2cccc3ccccc23)cc(C(C)(C)C)c1O. The van der Waals surface area contributed by atoms with Crippen LogP contribution in [-0.2, 0) is 25.9 Å². The molecule has 0 spiro atoms. The quantitative estimate of drug-likeness (QED) is 0.431. The van der Waals surface area contributed by atoms with Crippen LogP contribution in [0.1, 0.15) is 51.3 Å². The third-order valence-electron chi connectivity index (χ3n) is 6.08. The van der Waals surface area contributed by atoms with Gasteiger partial charge in [0, 0.05) is 22.8 Å². The molecule has 0 aromatic heterocycles. The van der Waals surface area contributed by atoms with Gasteiger partial charge >= 0.3 is 0 Å². The fraction of sp³-hybridized carbons (Fsp3) is 0.333. The zero-order valence-electron chi connectivity index (χ0n) is 19.4. The molecule has 4 heteroatoms. The summed E-state index contributed by atoms with van der Waals surface area (Å²) in [6.45, 7) is 13.8. The van der Waals surface area contributed by atoms with Crippen LogP contribution in [0, 0.1) is 0 Å². The van der Waals surface area contributed by atoms with Crippen molar-refractivity contribution >= 4 is 20.1 Å². The third-order valence-corrected chi connectivity index (χ3v) is 8.51. The van der Waals surface area contributed by atoms with Crippen molar-refractivity contribution in [2.75, 3.05) is 6.26 Å². The Bertz CT molecular complexity index is 1220. The van der Waals surface area contributed by atoms with Crippen LogP contribution < -0.4 is 0 Å². The van der Waals surface area contributed by atoms with Gasteiger partial charge in [0.25, 0.3) is 0 Å². The van der Waals surface area contributed by atoms with Gasteiger partial charge in [-0.05, 0) is 33.9 Å². The molecule has 0 radical (unpaired) electrons. The van der Waals surface area contributed by atoms with Gasteiger partial charge in [-0.25, -0.2) is 4.21 Å². The highest BCUT2D eigenvalue weighted by Crippen LogP contribution is 2.45. The van der Waals surface area contributed by atoms with Crippen LogP contribution in [0.4, 0.5) is 0 Å². The topological polar surface area (TPSA) is 57.5 Å². The van der Waals surface area contributed by atoms with Gasteiger partial charge in [-0.2, -0.15) is 9.35 Å². The number of phenolic OH excluding ortho intramolecular Hbond substituents is 1. The number of phenols is 1. The molecule has 3 aromatic carbocycles. The molecule has 0 aliphatic rings. The molecule has 0 unspecified atom stereocenters. The minimum Gasteiger partial charge on any atom is -0.507 e. The monoisotopic (exact) mass is 438 g/mol. The summed E-state index contributed by atoms with van der Waals surface area (Å²) in [6.07, 6.45) is 3.19. The highest BCUT2D eigenvalue weighted by molar-refractivity contribution is 8.13. The van der Waals surface area contributed by atoms with E-state index in [1.54, 1.807) is 18.2 Å². The van der Waals surface area contributed by atoms with Crippen LogP contribution in [0.3, 0.4) is 0 Å². The summed E-state index contributed by atoms with van der Waals surface area (Å²) in [5, 5.41) is 13.1. The lowest BCUT2D eigenvalue weighted by molar-refractivity contribution is 0.428. The fourth-order valence-electron chi connectivity index (χ4n) is 3.95. The molecule has 0 heterocycles. The number of hydrogen-bond donors (Lipinski definition) is 2. The summed E-state index contributed by atoms with van der Waals surface area (Å²) in [5.74, 6) is 0.162. The van der Waals surface area contributed by atoms with Crippen molar-refractivity contribution in [3.05, 3.63) is 83.9 Å². The van der Waals surface area contributed by atoms with Crippen molar-refractivity contribution in [3.8, 4) is 5.75 Å². The van der Waals surface area contributed by atoms with Crippen molar-refractivity contribution in [1.29, 1.82) is 0 Å². The van der Waals surface area contributed by atoms with Gasteiger partial charge < -0.3 is 5.11 Å². The summed E-state index contributed by atoms with van der Waals surface area (Å²) >= 11 is 0. The Morgan fingerprint density at radius 2 is 1.55 bits per heavy atom. The first-order valence-electron chi connectivity index (χ1n) is 10.5. The molecule has 3 rings (SSSR count). The molecule has 0 amide bonds. The third kappa shape index (κ3) is 4.46. The molecule has 3 nitrogen and oxygen atoms in total. The number of allylic oxidation sites excluding steroid dienone is 1. The van der Waals surface area contributed by atoms with Gasteiger partial charge in [0.2, 0.25) is 0 Å². The van der Waals surface area contributed by atoms with Crippen LogP contribution in [0.5, 0.6) is 5.75 Å². The first kappa shape index (κ1) is 23.2. The number of rotatable bonds is 5. The minimum atomic E-state index is -4.28. The molecule has 0 saturated heterocycles. The lowest BCUT2D eigenvalue weighted by Gasteiger charge is -2.41. The molecular formula is C27H34O3S. The summed E-state index contributed by atoms with van der Waals surface area (Å²) in [4.78, 5) is 0.345. The van der Waals surface area contributed by atoms with E-state index in [0.29, 0.717) is 16.0 Å². The van der Waals surface area contributed by atoms with E-state index in [1.807, 2.05) is 77.1 Å². The number of benzene rings is 3. The Kier molecular flexibility index (Phi) is 5.49. The number of aromatic hydroxyl groups is 1. The molecule has 3 aromatic rings. The molecule has 0 atom stereocenters. The van der Waals surface area contributed by atoms with Gasteiger partial charge in [0.15, 0.2) is 0 Å². The molecular weight excluding hydrogens is 404 g/mol. The van der Waals surface area contributed by atoms with E-state index in [1.165, 1.54) is 6.26 Å². The van der Waals surface area contributed by atoms with Gasteiger partial charge in [-0.1, -0.05) is 83.2 Å². The van der Waals surface area contributed by atoms with E-state index in [2.05, 4.69) is 6.58 Å². The van der Waals surface area contributed by atoms with E-state index in [-0.39, 0.29) is 11.5 Å². The van der Waals surface area contributed by atoms with Gasteiger partial charge in [-0.3, -0.25) is 4.55 Å². The molecule has 0 aliphatic heterocycles. The first-order chi connectivity index (χ1) is 14.1. The van der Waals surface area contributed by atoms with Crippen LogP contribution in [-0.4, -0.2) is 20.1 Å². The fourth-order valence-corrected chi connectivity index (χ4v) is 5.94. The lowest BCUT2D eigenvalue weighted by Crippen LogP contribution is -2.34. The van der Waals surface area contributed by atoms with Crippen molar-refractivity contribution in [2.24, 2.45) is 0 Å². The summed E-state index contributed by atoms with van der Waals surface area (Å²) < 4.78 is 25.9. The Morgan fingerprint density at radius 3 is 2.16 bits per heavy atom. The minimum absolute atomic E-state index is 0.000862. The first-order valence-corrected chi connectivity index (χ1v) is 13.0. The highest BCUT2D eigenvalue weighted by Gasteiger charge is 2.33. The Labute approximate surface area is 186 Å². The summed E-state index contributed by atoms with van der Waals surface area (Å²) in [6, 6.07) is 17.1. The van der Waals surface area contributed by atoms with Crippen molar-refractivity contribution in [1.82, 2.24) is 0 Å². The van der Waals surface area contributed by atoms with E-state index in [4.69, 9.17) is 0 Å². The summed E-state index contributed by atoms with van der Waals surface area (Å²) in [7, 11) is -4.28. The summed E-state index contributed by atoms with van der Waals surface area (Å²) in [5.41, 5.74) is 1.13. The molecule has 0 bridgehead atoms. The second-order valence-electron chi connectivity index (χ2n) is 10.3. The predicted molar refractivity (Wildman–Crippen MR) is 133 cm³/mol. The lowest BCUT2D eigenvalue weighted by atomic mass is 9.78. The maximum atomic E-state index is 14.2. The van der Waals surface area contributed by atoms with Crippen LogP contribution in [0.2, 0.25) is 0 Å². The Hall–Kier alpha value is -2.43. The number of fused-ring (bicyclic) bond motifs is 1. The van der Waals surface area contributed by atoms with E-state index < -0.39 is 20.2 Å². The zero-order valence-corrected chi connectivity index (χ0v) is 20.2. The second kappa shape index (κ2) is 7.32. The van der Waals surface area contributed by atoms with Crippen LogP contribution >= 0.6 is 0 Å². The van der Waals surface area contributed by atoms with Crippen molar-refractivity contribution in [3.63, 3.8) is 0 Å². The molecule has 0 saturated carbocycles. The largest absolute Gasteiger partial charge is 0.507 e. The number of hydrogen-bond acceptors (Lipinski definition) is 2. The smallest absolute Gasteiger partial charge is 0.123 e. The standard InChI is InChI=1S/C27H34O3S/c1-8-27(5,6)24-17-21(16-23(25(24)28)26(2,3)4)31(7,29,30)18-20-14-11-13-19-12-9-10-15-22(19)20/h8-17,28H,1,18H2,2-7H3,(H,29,30). The maximum absolute atomic E-state index is 14.2. The van der Waals surface area contributed by atoms with Gasteiger partial charge in [0.05, 0.1) is 10.6 Å². The molecule has 2 N–H and O–H groups in total. The molecule has 0 fully saturated rings. The van der Waals surface area contributed by atoms with E-state index in [9.17, 15) is 13.9 Å². The molecule has 31 heavy (non-hydrogen) atoms. The predicted octanol–water partition coefficient (Wildman–Crippen LogP) is 6.79. The Morgan fingerprint density at radius 1 is 0.968 bits per heavy atom. The maximum Gasteiger partial charge on any atom is 0.123 e. The van der Waals surface area contributed by atoms with Crippen LogP contribution in [0.25, 0.3) is 10.8 Å². The Balaban J connectivity index is 2.27. The average molecular weight is 439 g/mol. The average Bonchev–Trinajstić information content (AvgIpc) is 2.66. The van der Waals surface area contributed by atoms with Gasteiger partial charge in [-0.15, -0.1) is 6.58 Å². The normalized spacial score (nSPS) is 14.2. The molecule has 166 valence electrons. The van der Waals surface area contributed by atoms with E-state index in [0.717, 1.165) is 16.3 Å².